The van der Waals surface area contributed by atoms with Crippen LogP contribution in [0.15, 0.2) is 27.4 Å². The summed E-state index contributed by atoms with van der Waals surface area (Å²) in [5.41, 5.74) is -2.35. The Morgan fingerprint density at radius 1 is 0.731 bits per heavy atom. The van der Waals surface area contributed by atoms with E-state index in [4.69, 9.17) is 47.0 Å². The molecule has 5 aliphatic rings. The summed E-state index contributed by atoms with van der Waals surface area (Å²) in [4.78, 5) is 27.8. The number of esters is 1. The van der Waals surface area contributed by atoms with E-state index in [9.17, 15) is 50.4 Å². The van der Waals surface area contributed by atoms with Gasteiger partial charge in [0.25, 0.3) is 0 Å². The Hall–Kier alpha value is -4.84. The lowest BCUT2D eigenvalue weighted by Gasteiger charge is -2.44. The molecule has 1 aromatic heterocycles. The molecule has 3 saturated heterocycles. The van der Waals surface area contributed by atoms with Gasteiger partial charge < -0.3 is 87.9 Å². The van der Waals surface area contributed by atoms with Gasteiger partial charge in [-0.05, 0) is 50.5 Å². The average molecular weight is 941 g/mol. The molecule has 15 atom stereocenters. The van der Waals surface area contributed by atoms with Crippen LogP contribution in [0.4, 0.5) is 0 Å². The number of rotatable bonds is 10. The predicted octanol–water partition coefficient (Wildman–Crippen LogP) is 3.35. The Balaban J connectivity index is 0.978. The fraction of sp³-hybridized carbons (Fsp3) is 0.574. The highest BCUT2D eigenvalue weighted by Crippen LogP contribution is 2.58. The van der Waals surface area contributed by atoms with Gasteiger partial charge in [0.05, 0.1) is 43.7 Å². The molecule has 0 saturated carbocycles. The Bertz CT molecular complexity index is 2590. The topological polar surface area (TPSA) is 292 Å². The fourth-order valence-electron chi connectivity index (χ4n) is 10.3. The van der Waals surface area contributed by atoms with E-state index < -0.39 is 137 Å². The largest absolute Gasteiger partial charge is 0.507 e. The first-order valence-electron chi connectivity index (χ1n) is 22.5. The lowest BCUT2D eigenvalue weighted by atomic mass is 9.77. The lowest BCUT2D eigenvalue weighted by molar-refractivity contribution is -0.331. The number of carbonyl (C=O) groups excluding carboxylic acids is 1. The number of ether oxygens (including phenoxy) is 9. The number of hydrogen-bond acceptors (Lipinski definition) is 20. The number of hydrogen-bond donors (Lipinski definition) is 8. The summed E-state index contributed by atoms with van der Waals surface area (Å²) in [6, 6.07) is 3.93. The van der Waals surface area contributed by atoms with Gasteiger partial charge in [-0.3, -0.25) is 4.79 Å². The SMILES string of the molecule is CCC[C@@H]1Cc2cc3c(c(O)c2C(=O)O1)-c1c(c(OC)c2oc4c(O[C@H]5C[C@@H](O)[C@@H](O[C@H]6C[C@@H](O)[C@@H](O[C@H]7C[C@@H](OC)[C@@H](O)[C@@H](C)O7)[C@@H](C)O6)[C@@H](C)O5)ccc(O)c4c(=O)c2c1O)[C@H](O)[C@@H]3O. The summed E-state index contributed by atoms with van der Waals surface area (Å²) in [6.07, 6.45) is -12.8. The molecule has 9 rings (SSSR count). The third-order valence-electron chi connectivity index (χ3n) is 13.6. The molecular weight excluding hydrogens is 884 g/mol. The van der Waals surface area contributed by atoms with Crippen molar-refractivity contribution in [3.05, 3.63) is 50.7 Å². The van der Waals surface area contributed by atoms with Crippen molar-refractivity contribution in [2.45, 2.75) is 158 Å². The van der Waals surface area contributed by atoms with E-state index in [1.54, 1.807) is 20.8 Å². The quantitative estimate of drug-likeness (QED) is 0.0835. The number of methoxy groups -OCH3 is 2. The number of aromatic hydroxyl groups is 3. The van der Waals surface area contributed by atoms with Crippen LogP contribution in [0, 0.1) is 0 Å². The van der Waals surface area contributed by atoms with Gasteiger partial charge in [-0.15, -0.1) is 0 Å². The van der Waals surface area contributed by atoms with Gasteiger partial charge in [0, 0.05) is 49.5 Å². The highest BCUT2D eigenvalue weighted by molar-refractivity contribution is 6.07. The van der Waals surface area contributed by atoms with Crippen LogP contribution < -0.4 is 14.9 Å². The highest BCUT2D eigenvalue weighted by Gasteiger charge is 2.47. The summed E-state index contributed by atoms with van der Waals surface area (Å²) in [5.74, 6) is -3.27. The van der Waals surface area contributed by atoms with E-state index in [2.05, 4.69) is 0 Å². The van der Waals surface area contributed by atoms with Crippen LogP contribution in [-0.2, 0) is 39.6 Å². The molecule has 20 nitrogen and oxygen atoms in total. The zero-order valence-electron chi connectivity index (χ0n) is 37.6. The smallest absolute Gasteiger partial charge is 0.342 e. The van der Waals surface area contributed by atoms with Gasteiger partial charge >= 0.3 is 5.97 Å². The first-order chi connectivity index (χ1) is 31.9. The Labute approximate surface area is 383 Å². The van der Waals surface area contributed by atoms with Crippen LogP contribution in [-0.4, -0.2) is 141 Å². The number of phenolic OH excluding ortho intramolecular Hbond substituents is 3. The molecule has 1 aliphatic carbocycles. The van der Waals surface area contributed by atoms with Gasteiger partial charge in [0.2, 0.25) is 11.7 Å². The normalized spacial score (nSPS) is 34.0. The fourth-order valence-corrected chi connectivity index (χ4v) is 10.3. The molecule has 3 fully saturated rings. The Morgan fingerprint density at radius 3 is 2.01 bits per heavy atom. The van der Waals surface area contributed by atoms with E-state index in [1.165, 1.54) is 26.4 Å². The van der Waals surface area contributed by atoms with Gasteiger partial charge in [-0.25, -0.2) is 4.79 Å². The average Bonchev–Trinajstić information content (AvgIpc) is 3.27. The van der Waals surface area contributed by atoms with E-state index in [0.29, 0.717) is 12.0 Å². The van der Waals surface area contributed by atoms with Crippen molar-refractivity contribution in [3.63, 3.8) is 0 Å². The summed E-state index contributed by atoms with van der Waals surface area (Å²) >= 11 is 0. The maximum atomic E-state index is 14.5. The summed E-state index contributed by atoms with van der Waals surface area (Å²) < 4.78 is 59.4. The molecule has 8 N–H and O–H groups in total. The molecule has 4 aromatic rings. The maximum absolute atomic E-state index is 14.5. The summed E-state index contributed by atoms with van der Waals surface area (Å²) in [7, 11) is 2.68. The van der Waals surface area contributed by atoms with Gasteiger partial charge in [0.1, 0.15) is 70.2 Å². The van der Waals surface area contributed by atoms with Crippen LogP contribution in [0.3, 0.4) is 0 Å². The summed E-state index contributed by atoms with van der Waals surface area (Å²) in [5, 5.41) is 90.0. The predicted molar refractivity (Wildman–Crippen MR) is 231 cm³/mol. The molecule has 67 heavy (non-hydrogen) atoms. The van der Waals surface area contributed by atoms with E-state index >= 15 is 0 Å². The van der Waals surface area contributed by atoms with Gasteiger partial charge in [0.15, 0.2) is 35.2 Å². The number of aliphatic hydroxyl groups is 5. The van der Waals surface area contributed by atoms with E-state index in [0.717, 1.165) is 12.5 Å². The molecular formula is C47H56O20. The molecule has 5 heterocycles. The number of aliphatic hydroxyl groups excluding tert-OH is 5. The van der Waals surface area contributed by atoms with Crippen LogP contribution in [0.5, 0.6) is 28.7 Å². The molecule has 0 amide bonds. The van der Waals surface area contributed by atoms with Gasteiger partial charge in [-0.1, -0.05) is 19.4 Å². The van der Waals surface area contributed by atoms with Crippen molar-refractivity contribution < 1.29 is 92.7 Å². The second-order valence-electron chi connectivity index (χ2n) is 18.0. The second kappa shape index (κ2) is 18.2. The lowest BCUT2D eigenvalue weighted by Crippen LogP contribution is -2.56. The van der Waals surface area contributed by atoms with Crippen LogP contribution in [0.2, 0.25) is 0 Å². The Kier molecular flexibility index (Phi) is 12.9. The summed E-state index contributed by atoms with van der Waals surface area (Å²) in [6.45, 7) is 6.97. The van der Waals surface area contributed by atoms with Crippen molar-refractivity contribution in [1.29, 1.82) is 0 Å². The number of phenols is 3. The minimum Gasteiger partial charge on any atom is -0.507 e. The van der Waals surface area contributed by atoms with Crippen LogP contribution in [0.25, 0.3) is 33.1 Å². The molecule has 3 aromatic carbocycles. The van der Waals surface area contributed by atoms with Crippen molar-refractivity contribution in [2.75, 3.05) is 14.2 Å². The minimum absolute atomic E-state index is 0.0147. The zero-order chi connectivity index (χ0) is 47.9. The molecule has 0 radical (unpaired) electrons. The van der Waals surface area contributed by atoms with E-state index in [-0.39, 0.29) is 70.6 Å². The molecule has 364 valence electrons. The van der Waals surface area contributed by atoms with Crippen molar-refractivity contribution >= 4 is 27.9 Å². The molecule has 0 spiro atoms. The Morgan fingerprint density at radius 2 is 1.37 bits per heavy atom. The number of carbonyl (C=O) groups is 1. The number of benzene rings is 3. The first-order valence-corrected chi connectivity index (χ1v) is 22.5. The number of cyclic esters (lactones) is 1. The first kappa shape index (κ1) is 47.2. The zero-order valence-corrected chi connectivity index (χ0v) is 37.6. The highest BCUT2D eigenvalue weighted by atomic mass is 16.7. The third kappa shape index (κ3) is 8.04. The third-order valence-corrected chi connectivity index (χ3v) is 13.6. The number of fused-ring (bicyclic) bond motifs is 6. The molecule has 0 bridgehead atoms. The van der Waals surface area contributed by atoms with Crippen LogP contribution in [0.1, 0.15) is 99.1 Å². The minimum atomic E-state index is -1.80. The van der Waals surface area contributed by atoms with Crippen molar-refractivity contribution in [3.8, 4) is 39.9 Å². The molecule has 20 heteroatoms. The van der Waals surface area contributed by atoms with Crippen molar-refractivity contribution in [2.24, 2.45) is 0 Å². The van der Waals surface area contributed by atoms with Crippen LogP contribution >= 0.6 is 0 Å². The van der Waals surface area contributed by atoms with Gasteiger partial charge in [-0.2, -0.15) is 0 Å². The van der Waals surface area contributed by atoms with E-state index in [1.807, 2.05) is 6.92 Å². The van der Waals surface area contributed by atoms with Crippen molar-refractivity contribution in [1.82, 2.24) is 0 Å². The maximum Gasteiger partial charge on any atom is 0.342 e. The second-order valence-corrected chi connectivity index (χ2v) is 18.0. The monoisotopic (exact) mass is 940 g/mol. The molecule has 0 unspecified atom stereocenters. The standard InChI is InChI=1S/C47H56O20/c1-7-8-20-11-19-12-21-31(38(53)30(19)47(57)63-20)33-34(41(56)37(21)52)45(59-6)46-35(40(33)55)39(54)32-22(48)9-10-25(44(32)67-46)64-27-13-23(49)42(17(3)61-27)65-28-14-24(50)43(18(4)62-28)66-29-15-26(58-5)36(51)16(2)60-29/h9-10,12,16-18,20,23-24,26-29,36-37,41-43,48-53,55-56H,7-8,11,13-15H2,1-6H3/t16-,17-,18-,20-,23-,24-,26-,27+,28+,29+,36+,37-,41+,42+,43+/m1/s1. The molecule has 4 aliphatic heterocycles.